The third-order valence-corrected chi connectivity index (χ3v) is 6.23. The van der Waals surface area contributed by atoms with E-state index in [1.807, 2.05) is 13.0 Å². The number of hydrogen-bond donors (Lipinski definition) is 1. The van der Waals surface area contributed by atoms with Gasteiger partial charge in [-0.25, -0.2) is 8.42 Å². The van der Waals surface area contributed by atoms with E-state index in [1.54, 1.807) is 41.6 Å². The van der Waals surface area contributed by atoms with Crippen molar-refractivity contribution in [2.75, 3.05) is 18.4 Å². The van der Waals surface area contributed by atoms with Gasteiger partial charge < -0.3 is 5.32 Å². The molecular formula is C19H26N2O3S. The molecule has 1 aromatic carbocycles. The molecule has 1 aliphatic heterocycles. The molecular weight excluding hydrogens is 336 g/mol. The molecule has 0 bridgehead atoms. The largest absolute Gasteiger partial charge is 0.322 e. The summed E-state index contributed by atoms with van der Waals surface area (Å²) in [6.07, 6.45) is 10.5. The van der Waals surface area contributed by atoms with Gasteiger partial charge in [0.25, 0.3) is 0 Å². The second-order valence-electron chi connectivity index (χ2n) is 6.17. The number of rotatable bonds is 5. The van der Waals surface area contributed by atoms with E-state index in [2.05, 4.69) is 5.32 Å². The van der Waals surface area contributed by atoms with Crippen LogP contribution >= 0.6 is 0 Å². The second kappa shape index (κ2) is 8.97. The van der Waals surface area contributed by atoms with Gasteiger partial charge in [0.1, 0.15) is 0 Å². The summed E-state index contributed by atoms with van der Waals surface area (Å²) in [6, 6.07) is 5.01. The Kier molecular flexibility index (Phi) is 6.96. The molecule has 0 saturated carbocycles. The third-order valence-electron chi connectivity index (χ3n) is 4.19. The van der Waals surface area contributed by atoms with Crippen LogP contribution < -0.4 is 5.32 Å². The molecule has 25 heavy (non-hydrogen) atoms. The van der Waals surface area contributed by atoms with Crippen LogP contribution in [0.15, 0.2) is 47.4 Å². The molecule has 1 amide bonds. The Morgan fingerprint density at radius 3 is 2.44 bits per heavy atom. The van der Waals surface area contributed by atoms with Crippen molar-refractivity contribution in [3.8, 4) is 0 Å². The number of carbonyl (C=O) groups excluding carboxylic acids is 1. The van der Waals surface area contributed by atoms with E-state index in [4.69, 9.17) is 0 Å². The van der Waals surface area contributed by atoms with E-state index in [9.17, 15) is 13.2 Å². The Morgan fingerprint density at radius 2 is 1.80 bits per heavy atom. The van der Waals surface area contributed by atoms with Gasteiger partial charge in [-0.1, -0.05) is 37.1 Å². The molecule has 2 rings (SSSR count). The SMILES string of the molecule is C/C=C/C=C/C(=O)Nc1ccc(C)c(S(=O)(=O)N2CCCCCC2)c1. The van der Waals surface area contributed by atoms with Crippen molar-refractivity contribution in [3.05, 3.63) is 48.1 Å². The van der Waals surface area contributed by atoms with Gasteiger partial charge in [-0.05, 0) is 44.4 Å². The number of anilines is 1. The van der Waals surface area contributed by atoms with Crippen LogP contribution in [0, 0.1) is 6.92 Å². The highest BCUT2D eigenvalue weighted by Crippen LogP contribution is 2.25. The van der Waals surface area contributed by atoms with E-state index in [0.29, 0.717) is 24.3 Å². The zero-order chi connectivity index (χ0) is 18.3. The van der Waals surface area contributed by atoms with Crippen LogP contribution in [-0.4, -0.2) is 31.7 Å². The predicted molar refractivity (Wildman–Crippen MR) is 101 cm³/mol. The minimum atomic E-state index is -3.54. The lowest BCUT2D eigenvalue weighted by atomic mass is 10.2. The second-order valence-corrected chi connectivity index (χ2v) is 8.08. The first-order chi connectivity index (χ1) is 11.9. The molecule has 1 N–H and O–H groups in total. The van der Waals surface area contributed by atoms with E-state index < -0.39 is 10.0 Å². The van der Waals surface area contributed by atoms with Crippen LogP contribution in [0.4, 0.5) is 5.69 Å². The summed E-state index contributed by atoms with van der Waals surface area (Å²) in [6.45, 7) is 4.76. The van der Waals surface area contributed by atoms with Crippen LogP contribution in [0.25, 0.3) is 0 Å². The highest BCUT2D eigenvalue weighted by Gasteiger charge is 2.26. The first-order valence-corrected chi connectivity index (χ1v) is 10.1. The maximum absolute atomic E-state index is 13.0. The Balaban J connectivity index is 2.24. The van der Waals surface area contributed by atoms with E-state index >= 15 is 0 Å². The lowest BCUT2D eigenvalue weighted by molar-refractivity contribution is -0.111. The monoisotopic (exact) mass is 362 g/mol. The van der Waals surface area contributed by atoms with Crippen molar-refractivity contribution >= 4 is 21.6 Å². The van der Waals surface area contributed by atoms with Gasteiger partial charge in [-0.2, -0.15) is 4.31 Å². The normalized spacial score (nSPS) is 17.0. The maximum atomic E-state index is 13.0. The number of nitrogens with one attached hydrogen (secondary N) is 1. The highest BCUT2D eigenvalue weighted by atomic mass is 32.2. The lowest BCUT2D eigenvalue weighted by Crippen LogP contribution is -2.32. The molecule has 0 atom stereocenters. The van der Waals surface area contributed by atoms with Crippen molar-refractivity contribution in [1.29, 1.82) is 0 Å². The summed E-state index contributed by atoms with van der Waals surface area (Å²) in [4.78, 5) is 12.2. The topological polar surface area (TPSA) is 66.5 Å². The molecule has 1 heterocycles. The fourth-order valence-corrected chi connectivity index (χ4v) is 4.58. The Bertz CT molecular complexity index is 759. The van der Waals surface area contributed by atoms with E-state index in [0.717, 1.165) is 25.7 Å². The molecule has 1 aromatic rings. The molecule has 0 radical (unpaired) electrons. The Morgan fingerprint density at radius 1 is 1.12 bits per heavy atom. The Labute approximate surface area is 150 Å². The molecule has 1 saturated heterocycles. The Hall–Kier alpha value is -1.92. The number of benzene rings is 1. The first kappa shape index (κ1) is 19.4. The number of carbonyl (C=O) groups is 1. The first-order valence-electron chi connectivity index (χ1n) is 8.66. The van der Waals surface area contributed by atoms with Crippen molar-refractivity contribution < 1.29 is 13.2 Å². The highest BCUT2D eigenvalue weighted by molar-refractivity contribution is 7.89. The number of allylic oxidation sites excluding steroid dienone is 3. The molecule has 1 fully saturated rings. The number of amides is 1. The molecule has 0 unspecified atom stereocenters. The van der Waals surface area contributed by atoms with Gasteiger partial charge in [-0.3, -0.25) is 4.79 Å². The number of hydrogen-bond acceptors (Lipinski definition) is 3. The molecule has 6 heteroatoms. The zero-order valence-electron chi connectivity index (χ0n) is 14.9. The maximum Gasteiger partial charge on any atom is 0.248 e. The molecule has 0 aliphatic carbocycles. The summed E-state index contributed by atoms with van der Waals surface area (Å²) in [5.41, 5.74) is 1.17. The van der Waals surface area contributed by atoms with Gasteiger partial charge in [0, 0.05) is 24.9 Å². The number of aryl methyl sites for hydroxylation is 1. The van der Waals surface area contributed by atoms with E-state index in [1.165, 1.54) is 6.08 Å². The summed E-state index contributed by atoms with van der Waals surface area (Å²) >= 11 is 0. The van der Waals surface area contributed by atoms with Crippen molar-refractivity contribution in [2.24, 2.45) is 0 Å². The fourth-order valence-electron chi connectivity index (χ4n) is 2.81. The van der Waals surface area contributed by atoms with Crippen LogP contribution in [0.3, 0.4) is 0 Å². The zero-order valence-corrected chi connectivity index (χ0v) is 15.7. The average Bonchev–Trinajstić information content (AvgIpc) is 2.86. The van der Waals surface area contributed by atoms with E-state index in [-0.39, 0.29) is 10.8 Å². The predicted octanol–water partition coefficient (Wildman–Crippen LogP) is 3.63. The van der Waals surface area contributed by atoms with Crippen LogP contribution in [0.2, 0.25) is 0 Å². The standard InChI is InChI=1S/C19H26N2O3S/c1-3-4-7-10-19(22)20-17-12-11-16(2)18(15-17)25(23,24)21-13-8-5-6-9-14-21/h3-4,7,10-12,15H,5-6,8-9,13-14H2,1-2H3,(H,20,22)/b4-3+,10-7+. The number of nitrogens with zero attached hydrogens (tertiary/aromatic N) is 1. The van der Waals surface area contributed by atoms with Crippen molar-refractivity contribution in [1.82, 2.24) is 4.31 Å². The van der Waals surface area contributed by atoms with Gasteiger partial charge in [0.15, 0.2) is 0 Å². The number of sulfonamides is 1. The summed E-state index contributed by atoms with van der Waals surface area (Å²) in [5, 5.41) is 2.71. The third kappa shape index (κ3) is 5.28. The lowest BCUT2D eigenvalue weighted by Gasteiger charge is -2.21. The molecule has 0 aromatic heterocycles. The minimum absolute atomic E-state index is 0.268. The minimum Gasteiger partial charge on any atom is -0.322 e. The smallest absolute Gasteiger partial charge is 0.248 e. The van der Waals surface area contributed by atoms with Crippen LogP contribution in [0.5, 0.6) is 0 Å². The molecule has 136 valence electrons. The summed E-state index contributed by atoms with van der Waals surface area (Å²) in [7, 11) is -3.54. The quantitative estimate of drug-likeness (QED) is 0.642. The van der Waals surface area contributed by atoms with Crippen LogP contribution in [-0.2, 0) is 14.8 Å². The summed E-state index contributed by atoms with van der Waals surface area (Å²) in [5.74, 6) is -0.292. The van der Waals surface area contributed by atoms with Crippen molar-refractivity contribution in [3.63, 3.8) is 0 Å². The van der Waals surface area contributed by atoms with Gasteiger partial charge in [-0.15, -0.1) is 0 Å². The molecule has 1 aliphatic rings. The van der Waals surface area contributed by atoms with Gasteiger partial charge in [0.2, 0.25) is 15.9 Å². The van der Waals surface area contributed by atoms with Gasteiger partial charge >= 0.3 is 0 Å². The molecule has 0 spiro atoms. The fraction of sp³-hybridized carbons (Fsp3) is 0.421. The summed E-state index contributed by atoms with van der Waals surface area (Å²) < 4.78 is 27.6. The molecule has 5 nitrogen and oxygen atoms in total. The van der Waals surface area contributed by atoms with Gasteiger partial charge in [0.05, 0.1) is 4.90 Å². The van der Waals surface area contributed by atoms with Crippen LogP contribution in [0.1, 0.15) is 38.2 Å². The average molecular weight is 362 g/mol. The van der Waals surface area contributed by atoms with Crippen molar-refractivity contribution in [2.45, 2.75) is 44.4 Å².